The topological polar surface area (TPSA) is 98.5 Å². The fourth-order valence-corrected chi connectivity index (χ4v) is 2.36. The Morgan fingerprint density at radius 3 is 2.40 bits per heavy atom. The number of non-ortho nitro benzene ring substituents is 1. The van der Waals surface area contributed by atoms with Crippen LogP contribution >= 0.6 is 11.6 Å². The molecule has 0 fully saturated rings. The molecule has 0 saturated heterocycles. The third-order valence-corrected chi connectivity index (χ3v) is 3.72. The van der Waals surface area contributed by atoms with E-state index in [1.165, 1.54) is 19.1 Å². The number of amides is 1. The van der Waals surface area contributed by atoms with Gasteiger partial charge in [-0.15, -0.1) is 0 Å². The van der Waals surface area contributed by atoms with Gasteiger partial charge in [-0.1, -0.05) is 23.7 Å². The molecule has 2 aromatic rings. The van der Waals surface area contributed by atoms with Gasteiger partial charge in [0.25, 0.3) is 11.6 Å². The number of benzene rings is 2. The molecular formula is C17H15ClN2O5. The average molecular weight is 363 g/mol. The lowest BCUT2D eigenvalue weighted by Crippen LogP contribution is -2.13. The van der Waals surface area contributed by atoms with Crippen LogP contribution in [0.15, 0.2) is 42.5 Å². The number of nitrogens with zero attached hydrogens (tertiary/aromatic N) is 1. The summed E-state index contributed by atoms with van der Waals surface area (Å²) in [5.41, 5.74) is 1.03. The summed E-state index contributed by atoms with van der Waals surface area (Å²) >= 11 is 5.95. The fourth-order valence-electron chi connectivity index (χ4n) is 2.15. The molecule has 2 aromatic carbocycles. The number of halogens is 1. The van der Waals surface area contributed by atoms with Crippen molar-refractivity contribution >= 4 is 34.9 Å². The molecule has 8 heteroatoms. The van der Waals surface area contributed by atoms with Gasteiger partial charge in [0.05, 0.1) is 15.5 Å². The Morgan fingerprint density at radius 1 is 1.20 bits per heavy atom. The highest BCUT2D eigenvalue weighted by atomic mass is 35.5. The standard InChI is InChI=1S/C17H15ClN2O5/c1-10(25-11(2)21)12-3-5-13(6-4-12)19-17(22)15-9-14(20(23)24)7-8-16(15)18/h3-10H,1-2H3,(H,19,22). The summed E-state index contributed by atoms with van der Waals surface area (Å²) < 4.78 is 5.07. The molecule has 130 valence electrons. The van der Waals surface area contributed by atoms with E-state index in [2.05, 4.69) is 5.32 Å². The molecule has 2 rings (SSSR count). The summed E-state index contributed by atoms with van der Waals surface area (Å²) in [5, 5.41) is 13.6. The van der Waals surface area contributed by atoms with Gasteiger partial charge in [-0.3, -0.25) is 19.7 Å². The van der Waals surface area contributed by atoms with E-state index < -0.39 is 16.9 Å². The van der Waals surface area contributed by atoms with Crippen LogP contribution in [0.3, 0.4) is 0 Å². The number of nitro groups is 1. The molecule has 1 amide bonds. The molecule has 7 nitrogen and oxygen atoms in total. The monoisotopic (exact) mass is 362 g/mol. The molecule has 0 heterocycles. The van der Waals surface area contributed by atoms with Crippen LogP contribution in [-0.4, -0.2) is 16.8 Å². The van der Waals surface area contributed by atoms with Crippen molar-refractivity contribution in [2.75, 3.05) is 5.32 Å². The number of rotatable bonds is 5. The first-order valence-corrected chi connectivity index (χ1v) is 7.68. The van der Waals surface area contributed by atoms with E-state index in [9.17, 15) is 19.7 Å². The van der Waals surface area contributed by atoms with E-state index in [0.29, 0.717) is 5.69 Å². The van der Waals surface area contributed by atoms with Crippen molar-refractivity contribution in [2.24, 2.45) is 0 Å². The highest BCUT2D eigenvalue weighted by molar-refractivity contribution is 6.34. The number of anilines is 1. The molecule has 0 aliphatic heterocycles. The van der Waals surface area contributed by atoms with Gasteiger partial charge in [0.15, 0.2) is 0 Å². The van der Waals surface area contributed by atoms with Gasteiger partial charge in [0, 0.05) is 24.7 Å². The van der Waals surface area contributed by atoms with Crippen molar-refractivity contribution in [2.45, 2.75) is 20.0 Å². The van der Waals surface area contributed by atoms with Gasteiger partial charge in [0.2, 0.25) is 0 Å². The van der Waals surface area contributed by atoms with Crippen molar-refractivity contribution in [3.63, 3.8) is 0 Å². The van der Waals surface area contributed by atoms with Crippen molar-refractivity contribution in [1.29, 1.82) is 0 Å². The minimum Gasteiger partial charge on any atom is -0.458 e. The summed E-state index contributed by atoms with van der Waals surface area (Å²) in [6.45, 7) is 3.06. The van der Waals surface area contributed by atoms with Crippen molar-refractivity contribution < 1.29 is 19.2 Å². The van der Waals surface area contributed by atoms with Crippen LogP contribution in [-0.2, 0) is 9.53 Å². The van der Waals surface area contributed by atoms with Crippen LogP contribution < -0.4 is 5.32 Å². The highest BCUT2D eigenvalue weighted by Gasteiger charge is 2.16. The lowest BCUT2D eigenvalue weighted by atomic mass is 10.1. The first-order valence-electron chi connectivity index (χ1n) is 7.30. The smallest absolute Gasteiger partial charge is 0.303 e. The van der Waals surface area contributed by atoms with Gasteiger partial charge in [-0.05, 0) is 30.7 Å². The number of esters is 1. The number of hydrogen-bond acceptors (Lipinski definition) is 5. The predicted molar refractivity (Wildman–Crippen MR) is 92.7 cm³/mol. The van der Waals surface area contributed by atoms with E-state index in [4.69, 9.17) is 16.3 Å². The Labute approximate surface area is 148 Å². The van der Waals surface area contributed by atoms with Gasteiger partial charge < -0.3 is 10.1 Å². The summed E-state index contributed by atoms with van der Waals surface area (Å²) in [4.78, 5) is 33.5. The quantitative estimate of drug-likeness (QED) is 0.490. The second-order valence-electron chi connectivity index (χ2n) is 5.25. The lowest BCUT2D eigenvalue weighted by Gasteiger charge is -2.13. The Hall–Kier alpha value is -2.93. The first-order chi connectivity index (χ1) is 11.8. The minimum atomic E-state index is -0.599. The largest absolute Gasteiger partial charge is 0.458 e. The van der Waals surface area contributed by atoms with E-state index in [1.54, 1.807) is 31.2 Å². The van der Waals surface area contributed by atoms with Gasteiger partial charge in [-0.2, -0.15) is 0 Å². The molecule has 0 saturated carbocycles. The number of hydrogen-bond donors (Lipinski definition) is 1. The van der Waals surface area contributed by atoms with Crippen molar-refractivity contribution in [1.82, 2.24) is 0 Å². The number of nitrogens with one attached hydrogen (secondary N) is 1. The molecule has 0 bridgehead atoms. The van der Waals surface area contributed by atoms with Crippen LogP contribution in [0.1, 0.15) is 35.9 Å². The maximum Gasteiger partial charge on any atom is 0.303 e. The first kappa shape index (κ1) is 18.4. The normalized spacial score (nSPS) is 11.5. The summed E-state index contributed by atoms with van der Waals surface area (Å²) in [6, 6.07) is 10.3. The van der Waals surface area contributed by atoms with E-state index in [1.807, 2.05) is 0 Å². The number of ether oxygens (including phenoxy) is 1. The number of carbonyl (C=O) groups excluding carboxylic acids is 2. The molecule has 1 unspecified atom stereocenters. The maximum absolute atomic E-state index is 12.3. The highest BCUT2D eigenvalue weighted by Crippen LogP contribution is 2.24. The van der Waals surface area contributed by atoms with Crippen LogP contribution in [0.2, 0.25) is 5.02 Å². The van der Waals surface area contributed by atoms with E-state index >= 15 is 0 Å². The maximum atomic E-state index is 12.3. The zero-order valence-corrected chi connectivity index (χ0v) is 14.2. The zero-order valence-electron chi connectivity index (χ0n) is 13.5. The second-order valence-corrected chi connectivity index (χ2v) is 5.66. The molecule has 0 radical (unpaired) electrons. The Morgan fingerprint density at radius 2 is 1.84 bits per heavy atom. The third-order valence-electron chi connectivity index (χ3n) is 3.39. The van der Waals surface area contributed by atoms with Crippen molar-refractivity contribution in [3.8, 4) is 0 Å². The van der Waals surface area contributed by atoms with Gasteiger partial charge in [-0.25, -0.2) is 0 Å². The summed E-state index contributed by atoms with van der Waals surface area (Å²) in [6.07, 6.45) is -0.409. The van der Waals surface area contributed by atoms with E-state index in [0.717, 1.165) is 11.6 Å². The van der Waals surface area contributed by atoms with Crippen LogP contribution in [0, 0.1) is 10.1 Å². The second kappa shape index (κ2) is 7.76. The van der Waals surface area contributed by atoms with Gasteiger partial charge in [0.1, 0.15) is 6.10 Å². The molecule has 1 N–H and O–H groups in total. The summed E-state index contributed by atoms with van der Waals surface area (Å²) in [5.74, 6) is -0.945. The number of nitro benzene ring substituents is 1. The Kier molecular flexibility index (Phi) is 5.71. The molecule has 0 aliphatic carbocycles. The molecule has 0 aromatic heterocycles. The average Bonchev–Trinajstić information content (AvgIpc) is 2.54. The Bertz CT molecular complexity index is 820. The Balaban J connectivity index is 2.14. The van der Waals surface area contributed by atoms with Crippen LogP contribution in [0.25, 0.3) is 0 Å². The van der Waals surface area contributed by atoms with Crippen LogP contribution in [0.5, 0.6) is 0 Å². The third kappa shape index (κ3) is 4.77. The number of carbonyl (C=O) groups is 2. The van der Waals surface area contributed by atoms with Crippen molar-refractivity contribution in [3.05, 3.63) is 68.7 Å². The fraction of sp³-hybridized carbons (Fsp3) is 0.176. The molecular weight excluding hydrogens is 348 g/mol. The predicted octanol–water partition coefficient (Wildman–Crippen LogP) is 4.12. The molecule has 1 atom stereocenters. The zero-order chi connectivity index (χ0) is 18.6. The molecule has 0 spiro atoms. The SMILES string of the molecule is CC(=O)OC(C)c1ccc(NC(=O)c2cc([N+](=O)[O-])ccc2Cl)cc1. The van der Waals surface area contributed by atoms with E-state index in [-0.39, 0.29) is 22.2 Å². The lowest BCUT2D eigenvalue weighted by molar-refractivity contribution is -0.384. The van der Waals surface area contributed by atoms with Gasteiger partial charge >= 0.3 is 5.97 Å². The van der Waals surface area contributed by atoms with Crippen LogP contribution in [0.4, 0.5) is 11.4 Å². The minimum absolute atomic E-state index is 0.00762. The molecule has 0 aliphatic rings. The molecule has 25 heavy (non-hydrogen) atoms. The summed E-state index contributed by atoms with van der Waals surface area (Å²) in [7, 11) is 0.